The van der Waals surface area contributed by atoms with Gasteiger partial charge >= 0.3 is 0 Å². The second-order valence-electron chi connectivity index (χ2n) is 6.01. The van der Waals surface area contributed by atoms with Crippen LogP contribution in [0.1, 0.15) is 15.9 Å². The molecule has 1 amide bonds. The van der Waals surface area contributed by atoms with Gasteiger partial charge in [0.05, 0.1) is 0 Å². The quantitative estimate of drug-likeness (QED) is 0.332. The van der Waals surface area contributed by atoms with Gasteiger partial charge in [0.1, 0.15) is 0 Å². The molecule has 0 atom stereocenters. The Bertz CT molecular complexity index is 1070. The highest BCUT2D eigenvalue weighted by Crippen LogP contribution is 2.30. The number of fused-ring (bicyclic) bond motifs is 3. The van der Waals surface area contributed by atoms with Gasteiger partial charge in [-0.2, -0.15) is 0 Å². The number of benzene rings is 4. The lowest BCUT2D eigenvalue weighted by atomic mass is 10.00. The third kappa shape index (κ3) is 3.24. The number of amides is 1. The normalized spacial score (nSPS) is 10.9. The Morgan fingerprint density at radius 2 is 1.52 bits per heavy atom. The average Bonchev–Trinajstić information content (AvgIpc) is 2.67. The zero-order valence-electron chi connectivity index (χ0n) is 13.5. The van der Waals surface area contributed by atoms with Gasteiger partial charge in [-0.3, -0.25) is 4.79 Å². The van der Waals surface area contributed by atoms with E-state index in [2.05, 4.69) is 46.1 Å². The van der Waals surface area contributed by atoms with Gasteiger partial charge in [-0.15, -0.1) is 0 Å². The van der Waals surface area contributed by atoms with Crippen LogP contribution in [0.4, 0.5) is 0 Å². The van der Waals surface area contributed by atoms with E-state index in [4.69, 9.17) is 0 Å². The van der Waals surface area contributed by atoms with Gasteiger partial charge in [0.2, 0.25) is 0 Å². The molecule has 0 saturated heterocycles. The van der Waals surface area contributed by atoms with E-state index in [0.29, 0.717) is 12.1 Å². The number of rotatable bonds is 3. The van der Waals surface area contributed by atoms with E-state index in [9.17, 15) is 4.79 Å². The minimum atomic E-state index is -0.0478. The van der Waals surface area contributed by atoms with Gasteiger partial charge in [-0.1, -0.05) is 60.7 Å². The van der Waals surface area contributed by atoms with E-state index in [1.54, 1.807) is 0 Å². The molecule has 122 valence electrons. The van der Waals surface area contributed by atoms with Gasteiger partial charge in [0, 0.05) is 15.7 Å². The third-order valence-corrected chi connectivity index (χ3v) is 5.26. The standard InChI is InChI=1S/C22H16INO/c23-21-13-16-10-11-17(12-20(16)18-8-4-5-9-19(18)21)22(25)24-14-15-6-2-1-3-7-15/h1-13H,14H2,(H,24,25). The topological polar surface area (TPSA) is 29.1 Å². The maximum Gasteiger partial charge on any atom is 0.251 e. The fourth-order valence-corrected chi connectivity index (χ4v) is 3.88. The van der Waals surface area contributed by atoms with Crippen molar-refractivity contribution in [2.75, 3.05) is 0 Å². The summed E-state index contributed by atoms with van der Waals surface area (Å²) in [6.07, 6.45) is 0. The molecular formula is C22H16INO. The minimum Gasteiger partial charge on any atom is -0.348 e. The summed E-state index contributed by atoms with van der Waals surface area (Å²) in [7, 11) is 0. The van der Waals surface area contributed by atoms with Gasteiger partial charge in [0.15, 0.2) is 0 Å². The maximum atomic E-state index is 12.6. The van der Waals surface area contributed by atoms with Crippen molar-refractivity contribution in [1.29, 1.82) is 0 Å². The Kier molecular flexibility index (Phi) is 4.40. The van der Waals surface area contributed by atoms with Crippen molar-refractivity contribution >= 4 is 50.0 Å². The van der Waals surface area contributed by atoms with E-state index < -0.39 is 0 Å². The lowest BCUT2D eigenvalue weighted by molar-refractivity contribution is 0.0951. The zero-order valence-corrected chi connectivity index (χ0v) is 15.7. The van der Waals surface area contributed by atoms with Gasteiger partial charge in [0.25, 0.3) is 5.91 Å². The summed E-state index contributed by atoms with van der Waals surface area (Å²) in [5.41, 5.74) is 1.78. The first-order chi connectivity index (χ1) is 12.2. The van der Waals surface area contributed by atoms with Crippen molar-refractivity contribution in [3.63, 3.8) is 0 Å². The van der Waals surface area contributed by atoms with E-state index in [-0.39, 0.29) is 5.91 Å². The fraction of sp³-hybridized carbons (Fsp3) is 0.0455. The Labute approximate surface area is 160 Å². The van der Waals surface area contributed by atoms with Gasteiger partial charge < -0.3 is 5.32 Å². The van der Waals surface area contributed by atoms with Crippen LogP contribution in [-0.4, -0.2) is 5.91 Å². The molecule has 0 aromatic heterocycles. The van der Waals surface area contributed by atoms with Crippen molar-refractivity contribution < 1.29 is 4.79 Å². The Morgan fingerprint density at radius 3 is 2.32 bits per heavy atom. The van der Waals surface area contributed by atoms with Crippen LogP contribution in [0.25, 0.3) is 21.5 Å². The van der Waals surface area contributed by atoms with Crippen molar-refractivity contribution in [1.82, 2.24) is 5.32 Å². The summed E-state index contributed by atoms with van der Waals surface area (Å²) in [6.45, 7) is 0.533. The zero-order chi connectivity index (χ0) is 17.2. The molecule has 0 aliphatic rings. The van der Waals surface area contributed by atoms with E-state index in [0.717, 1.165) is 16.3 Å². The molecule has 0 unspecified atom stereocenters. The first-order valence-electron chi connectivity index (χ1n) is 8.15. The number of carbonyl (C=O) groups is 1. The van der Waals surface area contributed by atoms with Crippen LogP contribution in [0.5, 0.6) is 0 Å². The molecule has 1 N–H and O–H groups in total. The van der Waals surface area contributed by atoms with Gasteiger partial charge in [-0.25, -0.2) is 0 Å². The van der Waals surface area contributed by atoms with Crippen molar-refractivity contribution in [3.8, 4) is 0 Å². The van der Waals surface area contributed by atoms with Crippen LogP contribution in [-0.2, 0) is 6.54 Å². The first kappa shape index (κ1) is 16.1. The predicted octanol–water partition coefficient (Wildman–Crippen LogP) is 5.53. The number of nitrogens with one attached hydrogen (secondary N) is 1. The number of halogens is 1. The summed E-state index contributed by atoms with van der Waals surface area (Å²) >= 11 is 2.37. The van der Waals surface area contributed by atoms with Gasteiger partial charge in [-0.05, 0) is 67.9 Å². The van der Waals surface area contributed by atoms with Crippen molar-refractivity contribution in [2.45, 2.75) is 6.54 Å². The molecular weight excluding hydrogens is 421 g/mol. The minimum absolute atomic E-state index is 0.0478. The smallest absolute Gasteiger partial charge is 0.251 e. The molecule has 0 saturated carbocycles. The number of hydrogen-bond donors (Lipinski definition) is 1. The maximum absolute atomic E-state index is 12.6. The summed E-state index contributed by atoms with van der Waals surface area (Å²) in [5, 5.41) is 7.67. The Morgan fingerprint density at radius 1 is 0.800 bits per heavy atom. The SMILES string of the molecule is O=C(NCc1ccccc1)c1ccc2cc(I)c3ccccc3c2c1. The second kappa shape index (κ2) is 6.84. The largest absolute Gasteiger partial charge is 0.348 e. The highest BCUT2D eigenvalue weighted by atomic mass is 127. The number of carbonyl (C=O) groups excluding carboxylic acids is 1. The van der Waals surface area contributed by atoms with Crippen LogP contribution in [0.3, 0.4) is 0 Å². The van der Waals surface area contributed by atoms with Crippen LogP contribution >= 0.6 is 22.6 Å². The monoisotopic (exact) mass is 437 g/mol. The van der Waals surface area contributed by atoms with Crippen LogP contribution in [0.2, 0.25) is 0 Å². The molecule has 0 heterocycles. The van der Waals surface area contributed by atoms with E-state index >= 15 is 0 Å². The molecule has 3 heteroatoms. The second-order valence-corrected chi connectivity index (χ2v) is 7.17. The molecule has 2 nitrogen and oxygen atoms in total. The first-order valence-corrected chi connectivity index (χ1v) is 9.23. The molecule has 4 rings (SSSR count). The molecule has 0 bridgehead atoms. The van der Waals surface area contributed by atoms with Crippen LogP contribution in [0, 0.1) is 3.57 Å². The van der Waals surface area contributed by atoms with E-state index in [1.165, 1.54) is 14.3 Å². The van der Waals surface area contributed by atoms with Crippen LogP contribution in [0.15, 0.2) is 78.9 Å². The Hall–Kier alpha value is -2.40. The van der Waals surface area contributed by atoms with Crippen molar-refractivity contribution in [3.05, 3.63) is 93.6 Å². The average molecular weight is 437 g/mol. The molecule has 0 aliphatic carbocycles. The summed E-state index contributed by atoms with van der Waals surface area (Å²) in [4.78, 5) is 12.6. The molecule has 0 fully saturated rings. The lowest BCUT2D eigenvalue weighted by Crippen LogP contribution is -2.22. The summed E-state index contributed by atoms with van der Waals surface area (Å²) in [6, 6.07) is 26.4. The molecule has 4 aromatic rings. The van der Waals surface area contributed by atoms with Crippen LogP contribution < -0.4 is 5.32 Å². The molecule has 0 radical (unpaired) electrons. The molecule has 25 heavy (non-hydrogen) atoms. The highest BCUT2D eigenvalue weighted by molar-refractivity contribution is 14.1. The molecule has 0 spiro atoms. The Balaban J connectivity index is 1.69. The summed E-state index contributed by atoms with van der Waals surface area (Å²) in [5.74, 6) is -0.0478. The third-order valence-electron chi connectivity index (χ3n) is 4.37. The lowest BCUT2D eigenvalue weighted by Gasteiger charge is -2.09. The summed E-state index contributed by atoms with van der Waals surface area (Å²) < 4.78 is 1.22. The molecule has 4 aromatic carbocycles. The predicted molar refractivity (Wildman–Crippen MR) is 112 cm³/mol. The molecule has 0 aliphatic heterocycles. The van der Waals surface area contributed by atoms with E-state index in [1.807, 2.05) is 60.7 Å². The van der Waals surface area contributed by atoms with Crippen molar-refractivity contribution in [2.24, 2.45) is 0 Å². The number of hydrogen-bond acceptors (Lipinski definition) is 1. The highest BCUT2D eigenvalue weighted by Gasteiger charge is 2.09. The fourth-order valence-electron chi connectivity index (χ4n) is 3.08.